The molecule has 4 nitrogen and oxygen atoms in total. The molecular formula is C12H27N3O. The number of carbonyl (C=O) groups excluding carboxylic acids is 1. The summed E-state index contributed by atoms with van der Waals surface area (Å²) in [5.74, 6) is 0.229. The summed E-state index contributed by atoms with van der Waals surface area (Å²) >= 11 is 0. The lowest BCUT2D eigenvalue weighted by Gasteiger charge is -2.31. The van der Waals surface area contributed by atoms with E-state index in [0.717, 1.165) is 6.42 Å². The van der Waals surface area contributed by atoms with Crippen LogP contribution in [0.25, 0.3) is 0 Å². The van der Waals surface area contributed by atoms with E-state index in [1.807, 2.05) is 27.7 Å². The monoisotopic (exact) mass is 229 g/mol. The molecule has 0 radical (unpaired) electrons. The molecule has 0 aliphatic carbocycles. The summed E-state index contributed by atoms with van der Waals surface area (Å²) in [6.07, 6.45) is 0.918. The Labute approximate surface area is 99.4 Å². The lowest BCUT2D eigenvalue weighted by atomic mass is 9.92. The minimum atomic E-state index is -0.399. The normalized spacial score (nSPS) is 15.7. The summed E-state index contributed by atoms with van der Waals surface area (Å²) in [6, 6.07) is -0.399. The fraction of sp³-hybridized carbons (Fsp3) is 0.917. The second kappa shape index (κ2) is 6.21. The van der Waals surface area contributed by atoms with Gasteiger partial charge >= 0.3 is 0 Å². The van der Waals surface area contributed by atoms with Crippen molar-refractivity contribution in [2.45, 2.75) is 40.2 Å². The maximum atomic E-state index is 12.0. The predicted molar refractivity (Wildman–Crippen MR) is 67.9 cm³/mol. The number of likely N-dealkylation sites (N-methyl/N-ethyl adjacent to an activating group) is 1. The van der Waals surface area contributed by atoms with Crippen LogP contribution >= 0.6 is 0 Å². The van der Waals surface area contributed by atoms with Crippen LogP contribution in [0.5, 0.6) is 0 Å². The quantitative estimate of drug-likeness (QED) is 0.707. The molecule has 1 amide bonds. The molecule has 0 heterocycles. The first-order chi connectivity index (χ1) is 7.25. The molecular weight excluding hydrogens is 202 g/mol. The van der Waals surface area contributed by atoms with E-state index in [4.69, 9.17) is 11.5 Å². The lowest BCUT2D eigenvalue weighted by Crippen LogP contribution is -2.49. The molecule has 16 heavy (non-hydrogen) atoms. The van der Waals surface area contributed by atoms with Crippen molar-refractivity contribution < 1.29 is 4.79 Å². The van der Waals surface area contributed by atoms with Crippen LogP contribution in [0.2, 0.25) is 0 Å². The summed E-state index contributed by atoms with van der Waals surface area (Å²) in [5.41, 5.74) is 11.5. The molecule has 0 saturated heterocycles. The van der Waals surface area contributed by atoms with E-state index in [2.05, 4.69) is 0 Å². The Kier molecular flexibility index (Phi) is 5.97. The van der Waals surface area contributed by atoms with Gasteiger partial charge in [-0.15, -0.1) is 0 Å². The third-order valence-electron chi connectivity index (χ3n) is 3.14. The van der Waals surface area contributed by atoms with Crippen molar-refractivity contribution in [2.24, 2.45) is 22.8 Å². The average Bonchev–Trinajstić information content (AvgIpc) is 2.25. The third-order valence-corrected chi connectivity index (χ3v) is 3.14. The summed E-state index contributed by atoms with van der Waals surface area (Å²) in [6.45, 7) is 9.35. The zero-order valence-corrected chi connectivity index (χ0v) is 11.3. The fourth-order valence-corrected chi connectivity index (χ4v) is 1.54. The average molecular weight is 229 g/mol. The summed E-state index contributed by atoms with van der Waals surface area (Å²) in [7, 11) is 1.79. The van der Waals surface area contributed by atoms with Gasteiger partial charge < -0.3 is 16.4 Å². The summed E-state index contributed by atoms with van der Waals surface area (Å²) < 4.78 is 0. The van der Waals surface area contributed by atoms with Gasteiger partial charge in [-0.25, -0.2) is 0 Å². The highest BCUT2D eigenvalue weighted by molar-refractivity contribution is 5.81. The molecule has 2 unspecified atom stereocenters. The predicted octanol–water partition coefficient (Wildman–Crippen LogP) is 0.803. The van der Waals surface area contributed by atoms with Crippen LogP contribution < -0.4 is 11.5 Å². The molecule has 0 aromatic rings. The van der Waals surface area contributed by atoms with Crippen molar-refractivity contribution in [3.05, 3.63) is 0 Å². The molecule has 4 N–H and O–H groups in total. The number of hydrogen-bond donors (Lipinski definition) is 2. The summed E-state index contributed by atoms with van der Waals surface area (Å²) in [4.78, 5) is 13.7. The molecule has 0 saturated carbocycles. The number of amides is 1. The van der Waals surface area contributed by atoms with E-state index in [1.54, 1.807) is 11.9 Å². The molecule has 2 atom stereocenters. The molecule has 0 aromatic heterocycles. The lowest BCUT2D eigenvalue weighted by molar-refractivity contribution is -0.133. The maximum absolute atomic E-state index is 12.0. The molecule has 0 aliphatic heterocycles. The Balaban J connectivity index is 4.39. The molecule has 4 heteroatoms. The topological polar surface area (TPSA) is 72.4 Å². The van der Waals surface area contributed by atoms with Crippen molar-refractivity contribution in [3.63, 3.8) is 0 Å². The summed E-state index contributed by atoms with van der Waals surface area (Å²) in [5, 5.41) is 0. The van der Waals surface area contributed by atoms with Crippen LogP contribution in [0.4, 0.5) is 0 Å². The Morgan fingerprint density at radius 1 is 1.44 bits per heavy atom. The van der Waals surface area contributed by atoms with Gasteiger partial charge in [0.15, 0.2) is 0 Å². The highest BCUT2D eigenvalue weighted by atomic mass is 16.2. The van der Waals surface area contributed by atoms with Crippen LogP contribution in [0.1, 0.15) is 34.1 Å². The van der Waals surface area contributed by atoms with E-state index in [-0.39, 0.29) is 17.2 Å². The highest BCUT2D eigenvalue weighted by Crippen LogP contribution is 2.15. The zero-order valence-electron chi connectivity index (χ0n) is 11.3. The van der Waals surface area contributed by atoms with Gasteiger partial charge in [0.25, 0.3) is 0 Å². The van der Waals surface area contributed by atoms with Gasteiger partial charge in [-0.1, -0.05) is 34.1 Å². The number of carbonyl (C=O) groups is 1. The van der Waals surface area contributed by atoms with E-state index < -0.39 is 6.04 Å². The van der Waals surface area contributed by atoms with Crippen LogP contribution in [0, 0.1) is 11.3 Å². The molecule has 0 aliphatic rings. The Hall–Kier alpha value is -0.610. The van der Waals surface area contributed by atoms with Crippen LogP contribution in [0.15, 0.2) is 0 Å². The first kappa shape index (κ1) is 15.4. The maximum Gasteiger partial charge on any atom is 0.239 e. The number of nitrogens with zero attached hydrogens (tertiary/aromatic N) is 1. The largest absolute Gasteiger partial charge is 0.344 e. The Morgan fingerprint density at radius 2 is 1.94 bits per heavy atom. The van der Waals surface area contributed by atoms with E-state index in [0.29, 0.717) is 13.1 Å². The SMILES string of the molecule is CCC(C)C(N)C(=O)N(C)CC(C)(C)CN. The standard InChI is InChI=1S/C12H27N3O/c1-6-9(2)10(14)11(16)15(5)8-12(3,4)7-13/h9-10H,6-8,13-14H2,1-5H3. The third kappa shape index (κ3) is 4.49. The number of rotatable bonds is 6. The number of hydrogen-bond acceptors (Lipinski definition) is 3. The minimum Gasteiger partial charge on any atom is -0.344 e. The van der Waals surface area contributed by atoms with Crippen LogP contribution in [-0.2, 0) is 4.79 Å². The van der Waals surface area contributed by atoms with E-state index in [9.17, 15) is 4.79 Å². The molecule has 0 aromatic carbocycles. The zero-order chi connectivity index (χ0) is 12.9. The van der Waals surface area contributed by atoms with Crippen LogP contribution in [0.3, 0.4) is 0 Å². The molecule has 0 fully saturated rings. The fourth-order valence-electron chi connectivity index (χ4n) is 1.54. The minimum absolute atomic E-state index is 0.0101. The van der Waals surface area contributed by atoms with Crippen molar-refractivity contribution in [3.8, 4) is 0 Å². The highest BCUT2D eigenvalue weighted by Gasteiger charge is 2.26. The first-order valence-corrected chi connectivity index (χ1v) is 5.95. The molecule has 0 rings (SSSR count). The van der Waals surface area contributed by atoms with Crippen LogP contribution in [-0.4, -0.2) is 37.0 Å². The Morgan fingerprint density at radius 3 is 2.31 bits per heavy atom. The molecule has 0 spiro atoms. The van der Waals surface area contributed by atoms with Gasteiger partial charge in [0.1, 0.15) is 0 Å². The van der Waals surface area contributed by atoms with E-state index in [1.165, 1.54) is 0 Å². The Bertz CT molecular complexity index is 228. The van der Waals surface area contributed by atoms with Gasteiger partial charge in [-0.2, -0.15) is 0 Å². The number of nitrogens with two attached hydrogens (primary N) is 2. The van der Waals surface area contributed by atoms with Crippen molar-refractivity contribution in [2.75, 3.05) is 20.1 Å². The molecule has 0 bridgehead atoms. The van der Waals surface area contributed by atoms with Gasteiger partial charge in [0.05, 0.1) is 6.04 Å². The van der Waals surface area contributed by atoms with Crippen molar-refractivity contribution in [1.29, 1.82) is 0 Å². The molecule has 96 valence electrons. The van der Waals surface area contributed by atoms with Gasteiger partial charge in [-0.05, 0) is 17.9 Å². The second-order valence-electron chi connectivity index (χ2n) is 5.47. The van der Waals surface area contributed by atoms with Crippen molar-refractivity contribution >= 4 is 5.91 Å². The van der Waals surface area contributed by atoms with Gasteiger partial charge in [0.2, 0.25) is 5.91 Å². The van der Waals surface area contributed by atoms with Gasteiger partial charge in [-0.3, -0.25) is 4.79 Å². The second-order valence-corrected chi connectivity index (χ2v) is 5.47. The van der Waals surface area contributed by atoms with Gasteiger partial charge in [0, 0.05) is 13.6 Å². The first-order valence-electron chi connectivity index (χ1n) is 5.95. The van der Waals surface area contributed by atoms with Crippen molar-refractivity contribution in [1.82, 2.24) is 4.90 Å². The smallest absolute Gasteiger partial charge is 0.239 e. The van der Waals surface area contributed by atoms with E-state index >= 15 is 0 Å².